The predicted molar refractivity (Wildman–Crippen MR) is 154 cm³/mol. The summed E-state index contributed by atoms with van der Waals surface area (Å²) in [7, 11) is -7.10. The Labute approximate surface area is 213 Å². The van der Waals surface area contributed by atoms with Crippen LogP contribution >= 0.6 is 0 Å². The molecule has 198 valence electrons. The molecule has 0 amide bonds. The number of rotatable bonds is 17. The van der Waals surface area contributed by atoms with Gasteiger partial charge in [-0.05, 0) is 90.7 Å². The second kappa shape index (κ2) is 13.2. The third kappa shape index (κ3) is 14.5. The highest BCUT2D eigenvalue weighted by Crippen LogP contribution is 2.30. The van der Waals surface area contributed by atoms with Crippen LogP contribution in [-0.2, 0) is 30.0 Å². The second-order valence-corrected chi connectivity index (χ2v) is 39.5. The van der Waals surface area contributed by atoms with Gasteiger partial charge < -0.3 is 30.0 Å². The molecular weight excluding hydrogens is 537 g/mol. The molecule has 2 radical (unpaired) electrons. The molecule has 0 saturated heterocycles. The molecule has 0 aromatic carbocycles. The number of hydrogen-bond acceptors (Lipinski definition) is 7. The average molecular weight is 589 g/mol. The molecular formula is C19H52O7Si7. The number of hydrogen-bond donors (Lipinski definition) is 0. The summed E-state index contributed by atoms with van der Waals surface area (Å²) in [5.74, 6) is 0. The summed E-state index contributed by atoms with van der Waals surface area (Å²) in [6.07, 6.45) is 0.269. The Hall–Kier alpha value is 1.24. The summed E-state index contributed by atoms with van der Waals surface area (Å²) in [4.78, 5) is 0. The topological polar surface area (TPSA) is 64.6 Å². The summed E-state index contributed by atoms with van der Waals surface area (Å²) >= 11 is 0. The highest BCUT2D eigenvalue weighted by molar-refractivity contribution is 6.97. The molecule has 0 aliphatic heterocycles. The van der Waals surface area contributed by atoms with Gasteiger partial charge in [-0.1, -0.05) is 0 Å². The van der Waals surface area contributed by atoms with E-state index >= 15 is 0 Å². The Bertz CT molecular complexity index is 575. The summed E-state index contributed by atoms with van der Waals surface area (Å²) in [5.41, 5.74) is 2.84. The summed E-state index contributed by atoms with van der Waals surface area (Å²) < 4.78 is 42.9. The van der Waals surface area contributed by atoms with E-state index in [4.69, 9.17) is 30.0 Å². The highest BCUT2D eigenvalue weighted by atomic mass is 28.5. The minimum atomic E-state index is -2.67. The summed E-state index contributed by atoms with van der Waals surface area (Å²) in [6.45, 7) is 27.0. The van der Waals surface area contributed by atoms with E-state index in [2.05, 4.69) is 79.3 Å². The minimum Gasteiger partial charge on any atom is -0.456 e. The summed E-state index contributed by atoms with van der Waals surface area (Å²) in [6, 6.07) is 0. The Morgan fingerprint density at radius 3 is 1.27 bits per heavy atom. The van der Waals surface area contributed by atoms with Crippen LogP contribution in [0.4, 0.5) is 0 Å². The quantitative estimate of drug-likeness (QED) is 0.207. The summed E-state index contributed by atoms with van der Waals surface area (Å²) in [5, 5.41) is 0. The van der Waals surface area contributed by atoms with E-state index in [1.54, 1.807) is 21.3 Å². The van der Waals surface area contributed by atoms with E-state index in [9.17, 15) is 0 Å². The van der Waals surface area contributed by atoms with Gasteiger partial charge in [0.05, 0.1) is 0 Å². The van der Waals surface area contributed by atoms with Crippen LogP contribution in [0.5, 0.6) is 0 Å². The van der Waals surface area contributed by atoms with Crippen LogP contribution < -0.4 is 0 Å². The molecule has 7 nitrogen and oxygen atoms in total. The largest absolute Gasteiger partial charge is 0.499 e. The van der Waals surface area contributed by atoms with Gasteiger partial charge in [0, 0.05) is 33.1 Å². The van der Waals surface area contributed by atoms with Crippen molar-refractivity contribution in [1.29, 1.82) is 0 Å². The standard InChI is InChI=1S/C19H52O7Si7/c1-19(2)23-28(6,7)16-29(8,9)24-27-25-30(10,11)17-31(12,13)26-32(14,15)18-33(20-3,21-4)22-5/h19H,16-18H2,1-15H3. The zero-order valence-electron chi connectivity index (χ0n) is 24.1. The first-order valence-corrected chi connectivity index (χ1v) is 30.1. The Morgan fingerprint density at radius 2 is 0.909 bits per heavy atom. The van der Waals surface area contributed by atoms with Gasteiger partial charge in [-0.3, -0.25) is 0 Å². The van der Waals surface area contributed by atoms with E-state index in [1.165, 1.54) is 0 Å². The normalized spacial score (nSPS) is 14.9. The first-order valence-electron chi connectivity index (χ1n) is 11.8. The van der Waals surface area contributed by atoms with Gasteiger partial charge in [-0.15, -0.1) is 0 Å². The predicted octanol–water partition coefficient (Wildman–Crippen LogP) is 5.52. The zero-order valence-corrected chi connectivity index (χ0v) is 31.1. The molecule has 0 aliphatic carbocycles. The monoisotopic (exact) mass is 588 g/mol. The fourth-order valence-electron chi connectivity index (χ4n) is 4.86. The Kier molecular flexibility index (Phi) is 13.7. The van der Waals surface area contributed by atoms with E-state index in [-0.39, 0.29) is 16.1 Å². The van der Waals surface area contributed by atoms with Crippen LogP contribution in [0.15, 0.2) is 0 Å². The van der Waals surface area contributed by atoms with Gasteiger partial charge in [0.1, 0.15) is 0 Å². The molecule has 0 saturated carbocycles. The lowest BCUT2D eigenvalue weighted by molar-refractivity contribution is 0.127. The molecule has 0 aromatic rings. The lowest BCUT2D eigenvalue weighted by Gasteiger charge is -2.40. The molecule has 0 spiro atoms. The lowest BCUT2D eigenvalue weighted by atomic mass is 10.5. The molecule has 0 atom stereocenters. The minimum absolute atomic E-state index is 0.0968. The van der Waals surface area contributed by atoms with Crippen molar-refractivity contribution in [3.63, 3.8) is 0 Å². The van der Waals surface area contributed by atoms with Gasteiger partial charge in [0.15, 0.2) is 41.6 Å². The maximum Gasteiger partial charge on any atom is 0.499 e. The van der Waals surface area contributed by atoms with Crippen molar-refractivity contribution in [1.82, 2.24) is 0 Å². The zero-order chi connectivity index (χ0) is 26.4. The molecule has 0 aromatic heterocycles. The van der Waals surface area contributed by atoms with Gasteiger partial charge in [0.2, 0.25) is 0 Å². The molecule has 33 heavy (non-hydrogen) atoms. The van der Waals surface area contributed by atoms with Gasteiger partial charge >= 0.3 is 18.8 Å². The maximum absolute atomic E-state index is 6.86. The van der Waals surface area contributed by atoms with Gasteiger partial charge in [0.25, 0.3) is 0 Å². The fraction of sp³-hybridized carbons (Fsp3) is 1.00. The smallest absolute Gasteiger partial charge is 0.456 e. The van der Waals surface area contributed by atoms with Crippen molar-refractivity contribution < 1.29 is 30.0 Å². The van der Waals surface area contributed by atoms with Crippen molar-refractivity contribution in [3.05, 3.63) is 0 Å². The van der Waals surface area contributed by atoms with Gasteiger partial charge in [-0.25, -0.2) is 0 Å². The first-order chi connectivity index (χ1) is 14.6. The van der Waals surface area contributed by atoms with E-state index < -0.39 is 50.4 Å². The molecule has 0 fully saturated rings. The van der Waals surface area contributed by atoms with E-state index in [0.29, 0.717) is 0 Å². The Balaban J connectivity index is 4.94. The third-order valence-electron chi connectivity index (χ3n) is 5.02. The van der Waals surface area contributed by atoms with E-state index in [0.717, 1.165) is 17.0 Å². The van der Waals surface area contributed by atoms with Crippen molar-refractivity contribution in [3.8, 4) is 0 Å². The fourth-order valence-corrected chi connectivity index (χ4v) is 41.4. The average Bonchev–Trinajstić information content (AvgIpc) is 2.54. The molecule has 0 rings (SSSR count). The molecule has 14 heteroatoms. The van der Waals surface area contributed by atoms with Crippen LogP contribution in [0.3, 0.4) is 0 Å². The SMILES string of the molecule is CO[Si](C[Si](C)(C)O[Si](C)(C)C[Si](C)(C)O[Si]O[Si](C)(C)C[Si](C)(C)OC(C)C)(OC)OC. The van der Waals surface area contributed by atoms with Crippen LogP contribution in [0.1, 0.15) is 13.8 Å². The Morgan fingerprint density at radius 1 is 0.545 bits per heavy atom. The lowest BCUT2D eigenvalue weighted by Crippen LogP contribution is -2.56. The van der Waals surface area contributed by atoms with Crippen molar-refractivity contribution in [2.24, 2.45) is 0 Å². The van der Waals surface area contributed by atoms with Crippen molar-refractivity contribution in [2.75, 3.05) is 21.3 Å². The molecule has 0 heterocycles. The van der Waals surface area contributed by atoms with Crippen molar-refractivity contribution >= 4 is 60.4 Å². The first kappa shape index (κ1) is 34.2. The maximum atomic E-state index is 6.86. The van der Waals surface area contributed by atoms with Gasteiger partial charge in [-0.2, -0.15) is 0 Å². The van der Waals surface area contributed by atoms with E-state index in [1.807, 2.05) is 0 Å². The highest BCUT2D eigenvalue weighted by Gasteiger charge is 2.48. The second-order valence-electron chi connectivity index (χ2n) is 12.2. The molecule has 0 aliphatic rings. The van der Waals surface area contributed by atoms with Crippen LogP contribution in [0.25, 0.3) is 0 Å². The molecule has 0 unspecified atom stereocenters. The van der Waals surface area contributed by atoms with Crippen LogP contribution in [0, 0.1) is 0 Å². The molecule has 0 bridgehead atoms. The van der Waals surface area contributed by atoms with Crippen LogP contribution in [-0.4, -0.2) is 87.8 Å². The van der Waals surface area contributed by atoms with Crippen LogP contribution in [0.2, 0.25) is 82.5 Å². The molecule has 0 N–H and O–H groups in total. The third-order valence-corrected chi connectivity index (χ3v) is 36.3. The van der Waals surface area contributed by atoms with Crippen molar-refractivity contribution in [2.45, 2.75) is 102 Å².